The number of amides is 1. The van der Waals surface area contributed by atoms with Crippen LogP contribution < -0.4 is 15.2 Å². The lowest BCUT2D eigenvalue weighted by atomic mass is 9.98. The van der Waals surface area contributed by atoms with Crippen molar-refractivity contribution in [1.29, 1.82) is 0 Å². The molecule has 27 heavy (non-hydrogen) atoms. The van der Waals surface area contributed by atoms with E-state index in [4.69, 9.17) is 0 Å². The minimum absolute atomic E-state index is 0.0357. The van der Waals surface area contributed by atoms with Gasteiger partial charge < -0.3 is 20.0 Å². The maximum atomic E-state index is 11.9. The van der Waals surface area contributed by atoms with Gasteiger partial charge in [-0.3, -0.25) is 4.79 Å². The summed E-state index contributed by atoms with van der Waals surface area (Å²) in [5.41, 5.74) is 5.45. The average molecular weight is 368 g/mol. The number of carbonyl (C=O) groups excluding carboxylic acids is 1. The molecule has 3 rings (SSSR count). The first-order valence-electron chi connectivity index (χ1n) is 8.75. The summed E-state index contributed by atoms with van der Waals surface area (Å²) in [6.07, 6.45) is 0. The molecule has 2 aromatic rings. The number of amidine groups is 1. The van der Waals surface area contributed by atoms with Crippen LogP contribution >= 0.6 is 0 Å². The van der Waals surface area contributed by atoms with E-state index in [9.17, 15) is 15.0 Å². The Bertz CT molecular complexity index is 889. The van der Waals surface area contributed by atoms with Crippen LogP contribution in [-0.2, 0) is 4.79 Å². The van der Waals surface area contributed by atoms with E-state index >= 15 is 0 Å². The van der Waals surface area contributed by atoms with Crippen molar-refractivity contribution >= 4 is 23.1 Å². The summed E-state index contributed by atoms with van der Waals surface area (Å²) >= 11 is 0. The Balaban J connectivity index is 2.07. The highest BCUT2D eigenvalue weighted by Crippen LogP contribution is 2.34. The van der Waals surface area contributed by atoms with E-state index in [1.54, 1.807) is 11.0 Å². The lowest BCUT2D eigenvalue weighted by molar-refractivity contribution is -0.119. The van der Waals surface area contributed by atoms with Crippen molar-refractivity contribution < 1.29 is 15.0 Å². The fourth-order valence-corrected chi connectivity index (χ4v) is 3.01. The highest BCUT2D eigenvalue weighted by Gasteiger charge is 2.26. The largest absolute Gasteiger partial charge is 0.508 e. The SMILES string of the molecule is CC(C)c1cc(C2=NNC(=O)CN2c2ccc(N(C)C)cc2)c(O)cc1O. The summed E-state index contributed by atoms with van der Waals surface area (Å²) in [5, 5.41) is 24.7. The second kappa shape index (κ2) is 7.19. The number of phenols is 2. The average Bonchev–Trinajstić information content (AvgIpc) is 2.62. The van der Waals surface area contributed by atoms with E-state index in [0.717, 1.165) is 11.4 Å². The van der Waals surface area contributed by atoms with Crippen LogP contribution in [0.25, 0.3) is 0 Å². The van der Waals surface area contributed by atoms with E-state index in [-0.39, 0.29) is 29.9 Å². The van der Waals surface area contributed by atoms with E-state index in [1.165, 1.54) is 6.07 Å². The van der Waals surface area contributed by atoms with E-state index in [0.29, 0.717) is 17.0 Å². The molecule has 1 aliphatic rings. The fraction of sp³-hybridized carbons (Fsp3) is 0.300. The molecular weight excluding hydrogens is 344 g/mol. The molecule has 7 heteroatoms. The fourth-order valence-electron chi connectivity index (χ4n) is 3.01. The second-order valence-corrected chi connectivity index (χ2v) is 7.05. The number of benzene rings is 2. The molecule has 0 unspecified atom stereocenters. The Kier molecular flexibility index (Phi) is 4.94. The van der Waals surface area contributed by atoms with E-state index < -0.39 is 0 Å². The van der Waals surface area contributed by atoms with Gasteiger partial charge in [-0.15, -0.1) is 0 Å². The molecular formula is C20H24N4O3. The van der Waals surface area contributed by atoms with Crippen molar-refractivity contribution in [3.05, 3.63) is 47.5 Å². The van der Waals surface area contributed by atoms with Crippen LogP contribution in [0.2, 0.25) is 0 Å². The van der Waals surface area contributed by atoms with Crippen LogP contribution in [0.3, 0.4) is 0 Å². The van der Waals surface area contributed by atoms with Crippen LogP contribution in [-0.4, -0.2) is 42.6 Å². The third kappa shape index (κ3) is 3.67. The highest BCUT2D eigenvalue weighted by atomic mass is 16.3. The first kappa shape index (κ1) is 18.6. The topological polar surface area (TPSA) is 88.4 Å². The van der Waals surface area contributed by atoms with Crippen LogP contribution in [0.4, 0.5) is 11.4 Å². The molecule has 7 nitrogen and oxygen atoms in total. The minimum atomic E-state index is -0.238. The van der Waals surface area contributed by atoms with Gasteiger partial charge in [-0.05, 0) is 41.8 Å². The van der Waals surface area contributed by atoms with Gasteiger partial charge in [0.2, 0.25) is 0 Å². The zero-order chi connectivity index (χ0) is 19.7. The number of rotatable bonds is 4. The number of nitrogens with one attached hydrogen (secondary N) is 1. The first-order valence-corrected chi connectivity index (χ1v) is 8.75. The van der Waals surface area contributed by atoms with Gasteiger partial charge in [-0.2, -0.15) is 5.10 Å². The molecule has 3 N–H and O–H groups in total. The maximum absolute atomic E-state index is 11.9. The first-order chi connectivity index (χ1) is 12.8. The molecule has 0 aliphatic carbocycles. The molecule has 142 valence electrons. The van der Waals surface area contributed by atoms with Crippen molar-refractivity contribution in [3.63, 3.8) is 0 Å². The Labute approximate surface area is 158 Å². The predicted molar refractivity (Wildman–Crippen MR) is 107 cm³/mol. The van der Waals surface area contributed by atoms with Crippen LogP contribution in [0, 0.1) is 0 Å². The van der Waals surface area contributed by atoms with E-state index in [1.807, 2.05) is 57.1 Å². The third-order valence-electron chi connectivity index (χ3n) is 4.53. The van der Waals surface area contributed by atoms with Crippen LogP contribution in [0.1, 0.15) is 30.9 Å². The maximum Gasteiger partial charge on any atom is 0.260 e. The Morgan fingerprint density at radius 1 is 1.11 bits per heavy atom. The molecule has 0 radical (unpaired) electrons. The van der Waals surface area contributed by atoms with Gasteiger partial charge >= 0.3 is 0 Å². The summed E-state index contributed by atoms with van der Waals surface area (Å²) in [6.45, 7) is 3.99. The number of hydrogen-bond donors (Lipinski definition) is 3. The summed E-state index contributed by atoms with van der Waals surface area (Å²) < 4.78 is 0. The Hall–Kier alpha value is -3.22. The molecule has 2 aromatic carbocycles. The molecule has 0 saturated carbocycles. The number of aromatic hydroxyl groups is 2. The van der Waals surface area contributed by atoms with Gasteiger partial charge in [-0.25, -0.2) is 5.43 Å². The van der Waals surface area contributed by atoms with Crippen molar-refractivity contribution in [2.75, 3.05) is 30.4 Å². The van der Waals surface area contributed by atoms with Gasteiger partial charge in [0.25, 0.3) is 5.91 Å². The van der Waals surface area contributed by atoms with Crippen molar-refractivity contribution in [3.8, 4) is 11.5 Å². The number of phenolic OH excluding ortho intramolecular Hbond substituents is 2. The zero-order valence-electron chi connectivity index (χ0n) is 15.9. The normalized spacial score (nSPS) is 14.2. The number of carbonyl (C=O) groups is 1. The predicted octanol–water partition coefficient (Wildman–Crippen LogP) is 2.59. The molecule has 1 aliphatic heterocycles. The van der Waals surface area contributed by atoms with Gasteiger partial charge in [0.15, 0.2) is 5.84 Å². The number of hydrazone groups is 1. The summed E-state index contributed by atoms with van der Waals surface area (Å²) in [5.74, 6) is 0.190. The quantitative estimate of drug-likeness (QED) is 0.772. The number of nitrogens with zero attached hydrogens (tertiary/aromatic N) is 3. The third-order valence-corrected chi connectivity index (χ3v) is 4.53. The molecule has 0 atom stereocenters. The van der Waals surface area contributed by atoms with Gasteiger partial charge in [-0.1, -0.05) is 13.8 Å². The van der Waals surface area contributed by atoms with Gasteiger partial charge in [0.1, 0.15) is 18.0 Å². The van der Waals surface area contributed by atoms with Crippen LogP contribution in [0.15, 0.2) is 41.5 Å². The van der Waals surface area contributed by atoms with E-state index in [2.05, 4.69) is 10.5 Å². The second-order valence-electron chi connectivity index (χ2n) is 7.05. The Morgan fingerprint density at radius 3 is 2.37 bits per heavy atom. The molecule has 0 fully saturated rings. The Morgan fingerprint density at radius 2 is 1.78 bits per heavy atom. The lowest BCUT2D eigenvalue weighted by Gasteiger charge is -2.30. The van der Waals surface area contributed by atoms with Crippen molar-refractivity contribution in [1.82, 2.24) is 5.43 Å². The zero-order valence-corrected chi connectivity index (χ0v) is 15.9. The molecule has 0 aromatic heterocycles. The molecule has 0 spiro atoms. The summed E-state index contributed by atoms with van der Waals surface area (Å²) in [7, 11) is 3.91. The van der Waals surface area contributed by atoms with Crippen molar-refractivity contribution in [2.24, 2.45) is 5.10 Å². The lowest BCUT2D eigenvalue weighted by Crippen LogP contribution is -2.46. The minimum Gasteiger partial charge on any atom is -0.508 e. The molecule has 1 amide bonds. The smallest absolute Gasteiger partial charge is 0.260 e. The summed E-state index contributed by atoms with van der Waals surface area (Å²) in [4.78, 5) is 15.7. The van der Waals surface area contributed by atoms with Crippen molar-refractivity contribution in [2.45, 2.75) is 19.8 Å². The monoisotopic (exact) mass is 368 g/mol. The van der Waals surface area contributed by atoms with Gasteiger partial charge in [0, 0.05) is 31.5 Å². The molecule has 1 heterocycles. The standard InChI is InChI=1S/C20H24N4O3/c1-12(2)15-9-16(18(26)10-17(15)25)20-22-21-19(27)11-24(20)14-7-5-13(6-8-14)23(3)4/h5-10,12,25-26H,11H2,1-4H3,(H,21,27). The molecule has 0 bridgehead atoms. The van der Waals surface area contributed by atoms with Gasteiger partial charge in [0.05, 0.1) is 5.56 Å². The molecule has 0 saturated heterocycles. The highest BCUT2D eigenvalue weighted by molar-refractivity contribution is 6.15. The number of anilines is 2. The number of hydrogen-bond acceptors (Lipinski definition) is 6. The van der Waals surface area contributed by atoms with Crippen LogP contribution in [0.5, 0.6) is 11.5 Å². The summed E-state index contributed by atoms with van der Waals surface area (Å²) in [6, 6.07) is 10.8.